The molecule has 6 heteroatoms. The zero-order valence-corrected chi connectivity index (χ0v) is 16.3. The van der Waals surface area contributed by atoms with E-state index in [1.165, 1.54) is 0 Å². The maximum Gasteiger partial charge on any atom is 0.120 e. The lowest BCUT2D eigenvalue weighted by molar-refractivity contribution is 0.340. The molecule has 0 saturated carbocycles. The maximum absolute atomic E-state index is 6.55. The van der Waals surface area contributed by atoms with Gasteiger partial charge in [-0.15, -0.1) is 22.9 Å². The predicted octanol–water partition coefficient (Wildman–Crippen LogP) is 6.76. The zero-order chi connectivity index (χ0) is 14.0. The van der Waals surface area contributed by atoms with Crippen molar-refractivity contribution in [2.24, 2.45) is 0 Å². The van der Waals surface area contributed by atoms with E-state index in [1.807, 2.05) is 31.2 Å². The molecule has 0 aliphatic heterocycles. The second kappa shape index (κ2) is 6.94. The van der Waals surface area contributed by atoms with E-state index in [1.54, 1.807) is 11.3 Å². The molecule has 1 atom stereocenters. The molecule has 1 heterocycles. The number of benzene rings is 1. The molecule has 0 radical (unpaired) electrons. The Morgan fingerprint density at radius 2 is 1.95 bits per heavy atom. The quantitative estimate of drug-likeness (QED) is 0.431. The third kappa shape index (κ3) is 3.76. The first kappa shape index (κ1) is 15.8. The highest BCUT2D eigenvalue weighted by molar-refractivity contribution is 9.13. The van der Waals surface area contributed by atoms with E-state index in [0.717, 1.165) is 28.9 Å². The number of halogens is 4. The van der Waals surface area contributed by atoms with E-state index in [9.17, 15) is 0 Å². The van der Waals surface area contributed by atoms with Crippen molar-refractivity contribution in [2.75, 3.05) is 6.61 Å². The first-order valence-electron chi connectivity index (χ1n) is 5.54. The Hall–Kier alpha value is 0.450. The van der Waals surface area contributed by atoms with Gasteiger partial charge in [0, 0.05) is 13.8 Å². The molecule has 0 N–H and O–H groups in total. The van der Waals surface area contributed by atoms with Crippen LogP contribution in [0.25, 0.3) is 0 Å². The fraction of sp³-hybridized carbons (Fsp3) is 0.231. The predicted molar refractivity (Wildman–Crippen MR) is 92.7 cm³/mol. The Bertz CT molecular complexity index is 566. The Morgan fingerprint density at radius 1 is 1.21 bits per heavy atom. The summed E-state index contributed by atoms with van der Waals surface area (Å²) < 4.78 is 8.50. The fourth-order valence-corrected chi connectivity index (χ4v) is 4.80. The summed E-state index contributed by atoms with van der Waals surface area (Å²) in [5.74, 6) is 0.843. The van der Waals surface area contributed by atoms with Crippen molar-refractivity contribution in [3.63, 3.8) is 0 Å². The Labute approximate surface area is 146 Å². The summed E-state index contributed by atoms with van der Waals surface area (Å²) in [7, 11) is 0. The van der Waals surface area contributed by atoms with Crippen molar-refractivity contribution in [2.45, 2.75) is 12.3 Å². The highest BCUT2D eigenvalue weighted by Crippen LogP contribution is 2.42. The molecule has 19 heavy (non-hydrogen) atoms. The molecule has 0 fully saturated rings. The lowest BCUT2D eigenvalue weighted by Crippen LogP contribution is -1.95. The first-order chi connectivity index (χ1) is 9.02. The van der Waals surface area contributed by atoms with Crippen LogP contribution in [0.2, 0.25) is 0 Å². The molecule has 102 valence electrons. The summed E-state index contributed by atoms with van der Waals surface area (Å²) >= 11 is 18.7. The minimum absolute atomic E-state index is 0.183. The minimum Gasteiger partial charge on any atom is -0.494 e. The summed E-state index contributed by atoms with van der Waals surface area (Å²) in [6.45, 7) is 2.62. The van der Waals surface area contributed by atoms with Gasteiger partial charge in [0.2, 0.25) is 0 Å². The summed E-state index contributed by atoms with van der Waals surface area (Å²) in [6.07, 6.45) is 0. The van der Waals surface area contributed by atoms with Gasteiger partial charge in [0.1, 0.15) is 5.75 Å². The van der Waals surface area contributed by atoms with E-state index in [-0.39, 0.29) is 5.38 Å². The van der Waals surface area contributed by atoms with Crippen molar-refractivity contribution in [1.29, 1.82) is 0 Å². The van der Waals surface area contributed by atoms with Crippen molar-refractivity contribution >= 4 is 70.7 Å². The molecule has 1 aromatic heterocycles. The van der Waals surface area contributed by atoms with Crippen LogP contribution in [0.1, 0.15) is 22.7 Å². The Kier molecular flexibility index (Phi) is 5.78. The third-order valence-corrected chi connectivity index (χ3v) is 7.08. The van der Waals surface area contributed by atoms with Gasteiger partial charge < -0.3 is 4.74 Å². The third-order valence-electron chi connectivity index (χ3n) is 2.47. The van der Waals surface area contributed by atoms with Crippen LogP contribution >= 0.6 is 70.7 Å². The monoisotopic (exact) mass is 486 g/mol. The molecule has 1 nitrogen and oxygen atoms in total. The number of hydrogen-bond donors (Lipinski definition) is 0. The first-order valence-corrected chi connectivity index (χ1v) is 9.17. The van der Waals surface area contributed by atoms with Crippen molar-refractivity contribution in [1.82, 2.24) is 0 Å². The highest BCUT2D eigenvalue weighted by Gasteiger charge is 2.18. The lowest BCUT2D eigenvalue weighted by atomic mass is 10.1. The average Bonchev–Trinajstić information content (AvgIpc) is 2.69. The van der Waals surface area contributed by atoms with Crippen LogP contribution in [0.15, 0.2) is 37.0 Å². The maximum atomic E-state index is 6.55. The second-order valence-corrected chi connectivity index (χ2v) is 8.30. The average molecular weight is 489 g/mol. The minimum atomic E-state index is -0.183. The van der Waals surface area contributed by atoms with Crippen LogP contribution in [0.3, 0.4) is 0 Å². The molecule has 2 rings (SSSR count). The van der Waals surface area contributed by atoms with Crippen LogP contribution < -0.4 is 4.74 Å². The molecule has 0 aliphatic carbocycles. The van der Waals surface area contributed by atoms with Gasteiger partial charge in [0.05, 0.1) is 15.8 Å². The SMILES string of the molecule is CCOc1ccc(C(Cl)c2cc(Br)c(Br)s2)c(Br)c1. The van der Waals surface area contributed by atoms with Gasteiger partial charge in [-0.1, -0.05) is 22.0 Å². The molecule has 0 bridgehead atoms. The van der Waals surface area contributed by atoms with Gasteiger partial charge in [-0.2, -0.15) is 0 Å². The number of ether oxygens (including phenoxy) is 1. The van der Waals surface area contributed by atoms with Crippen molar-refractivity contribution in [3.05, 3.63) is 47.4 Å². The van der Waals surface area contributed by atoms with Crippen molar-refractivity contribution in [3.8, 4) is 5.75 Å². The standard InChI is InChI=1S/C13H10Br3ClOS/c1-2-18-7-3-4-8(9(14)5-7)12(17)11-6-10(15)13(16)19-11/h3-6,12H,2H2,1H3. The normalized spacial score (nSPS) is 12.5. The molecule has 1 unspecified atom stereocenters. The smallest absolute Gasteiger partial charge is 0.120 e. The topological polar surface area (TPSA) is 9.23 Å². The van der Waals surface area contributed by atoms with E-state index in [0.29, 0.717) is 6.61 Å². The van der Waals surface area contributed by atoms with Gasteiger partial charge in [0.15, 0.2) is 0 Å². The second-order valence-electron chi connectivity index (χ2n) is 3.75. The number of hydrogen-bond acceptors (Lipinski definition) is 2. The molecular weight excluding hydrogens is 479 g/mol. The summed E-state index contributed by atoms with van der Waals surface area (Å²) in [5.41, 5.74) is 1.03. The van der Waals surface area contributed by atoms with Crippen LogP contribution in [-0.2, 0) is 0 Å². The molecule has 2 aromatic rings. The van der Waals surface area contributed by atoms with E-state index in [4.69, 9.17) is 16.3 Å². The molecule has 0 spiro atoms. The van der Waals surface area contributed by atoms with Crippen LogP contribution in [-0.4, -0.2) is 6.61 Å². The van der Waals surface area contributed by atoms with Gasteiger partial charge >= 0.3 is 0 Å². The highest BCUT2D eigenvalue weighted by atomic mass is 79.9. The van der Waals surface area contributed by atoms with E-state index < -0.39 is 0 Å². The van der Waals surface area contributed by atoms with Gasteiger partial charge in [-0.05, 0) is 62.5 Å². The van der Waals surface area contributed by atoms with Gasteiger partial charge in [-0.25, -0.2) is 0 Å². The van der Waals surface area contributed by atoms with Crippen molar-refractivity contribution < 1.29 is 4.74 Å². The fourth-order valence-electron chi connectivity index (χ4n) is 1.61. The Morgan fingerprint density at radius 3 is 2.47 bits per heavy atom. The number of alkyl halides is 1. The van der Waals surface area contributed by atoms with Gasteiger partial charge in [-0.3, -0.25) is 0 Å². The van der Waals surface area contributed by atoms with Crippen LogP contribution in [0.4, 0.5) is 0 Å². The molecular formula is C13H10Br3ClOS. The van der Waals surface area contributed by atoms with E-state index in [2.05, 4.69) is 47.8 Å². The molecule has 0 aliphatic rings. The number of thiophene rings is 1. The van der Waals surface area contributed by atoms with Crippen LogP contribution in [0.5, 0.6) is 5.75 Å². The summed E-state index contributed by atoms with van der Waals surface area (Å²) in [4.78, 5) is 1.09. The van der Waals surface area contributed by atoms with Crippen LogP contribution in [0, 0.1) is 0 Å². The summed E-state index contributed by atoms with van der Waals surface area (Å²) in [5, 5.41) is -0.183. The van der Waals surface area contributed by atoms with Gasteiger partial charge in [0.25, 0.3) is 0 Å². The van der Waals surface area contributed by atoms with E-state index >= 15 is 0 Å². The summed E-state index contributed by atoms with van der Waals surface area (Å²) in [6, 6.07) is 7.92. The number of rotatable bonds is 4. The Balaban J connectivity index is 2.30. The molecule has 0 amide bonds. The molecule has 1 aromatic carbocycles. The largest absolute Gasteiger partial charge is 0.494 e. The zero-order valence-electron chi connectivity index (χ0n) is 9.92. The molecule has 0 saturated heterocycles. The lowest BCUT2D eigenvalue weighted by Gasteiger charge is -2.12.